The molecule has 51 heavy (non-hydrogen) atoms. The Morgan fingerprint density at radius 1 is 0.863 bits per heavy atom. The third kappa shape index (κ3) is 7.62. The molecule has 0 radical (unpaired) electrons. The summed E-state index contributed by atoms with van der Waals surface area (Å²) in [5, 5.41) is 1.42. The van der Waals surface area contributed by atoms with Crippen molar-refractivity contribution in [3.63, 3.8) is 0 Å². The molecular weight excluding hydrogens is 673 g/mol. The van der Waals surface area contributed by atoms with E-state index in [0.29, 0.717) is 28.0 Å². The van der Waals surface area contributed by atoms with Crippen LogP contribution in [0, 0.1) is 5.92 Å². The van der Waals surface area contributed by atoms with Gasteiger partial charge >= 0.3 is 0 Å². The minimum absolute atomic E-state index is 0.150. The van der Waals surface area contributed by atoms with Crippen LogP contribution in [-0.2, 0) is 20.7 Å². The molecule has 3 atom stereocenters. The molecule has 11 heteroatoms. The topological polar surface area (TPSA) is 79.4 Å². The lowest BCUT2D eigenvalue weighted by Gasteiger charge is -2.42. The third-order valence-electron chi connectivity index (χ3n) is 11.6. The van der Waals surface area contributed by atoms with Gasteiger partial charge in [0.05, 0.1) is 11.0 Å². The number of carbonyl (C=O) groups is 1. The largest absolute Gasteiger partial charge is 0.492 e. The van der Waals surface area contributed by atoms with Crippen molar-refractivity contribution in [2.75, 3.05) is 33.3 Å². The standard InChI is InChI=1S/C40H51F2N3O5S/c1-28-24-32-14-15-33(25-28)45(32)39(46)38(40(41,42)31-12-17-34(18-13-31)49-23-22-44-20-6-3-7-21-44)43(2)51(47,48)37-19-11-29-26-36(16-10-30(29)27-37)50-35-8-4-5-9-35/h10-13,16-19,26-28,32-33,35,38H,3-9,14-15,20-25H2,1-2H3. The summed E-state index contributed by atoms with van der Waals surface area (Å²) in [5.74, 6) is -3.14. The van der Waals surface area contributed by atoms with Crippen molar-refractivity contribution in [2.24, 2.45) is 5.92 Å². The first-order valence-corrected chi connectivity index (χ1v) is 20.3. The summed E-state index contributed by atoms with van der Waals surface area (Å²) in [6.07, 6.45) is 11.0. The van der Waals surface area contributed by atoms with Gasteiger partial charge in [-0.15, -0.1) is 0 Å². The zero-order chi connectivity index (χ0) is 35.8. The van der Waals surface area contributed by atoms with E-state index in [4.69, 9.17) is 9.47 Å². The molecule has 3 aromatic carbocycles. The molecule has 0 aromatic heterocycles. The molecule has 276 valence electrons. The van der Waals surface area contributed by atoms with Crippen LogP contribution in [0.4, 0.5) is 8.78 Å². The zero-order valence-corrected chi connectivity index (χ0v) is 30.6. The van der Waals surface area contributed by atoms with E-state index in [1.54, 1.807) is 17.0 Å². The van der Waals surface area contributed by atoms with E-state index in [1.165, 1.54) is 55.7 Å². The quantitative estimate of drug-likeness (QED) is 0.192. The van der Waals surface area contributed by atoms with E-state index in [2.05, 4.69) is 11.8 Å². The van der Waals surface area contributed by atoms with Crippen molar-refractivity contribution >= 4 is 26.7 Å². The number of benzene rings is 3. The van der Waals surface area contributed by atoms with Crippen LogP contribution in [0.1, 0.15) is 83.1 Å². The van der Waals surface area contributed by atoms with E-state index < -0.39 is 33.5 Å². The molecule has 0 spiro atoms. The Morgan fingerprint density at radius 2 is 1.49 bits per heavy atom. The van der Waals surface area contributed by atoms with Gasteiger partial charge in [0.1, 0.15) is 18.1 Å². The molecule has 3 unspecified atom stereocenters. The lowest BCUT2D eigenvalue weighted by atomic mass is 9.90. The lowest BCUT2D eigenvalue weighted by molar-refractivity contribution is -0.155. The van der Waals surface area contributed by atoms with Gasteiger partial charge in [0.25, 0.3) is 5.92 Å². The fourth-order valence-electron chi connectivity index (χ4n) is 8.84. The Kier molecular flexibility index (Phi) is 10.6. The second-order valence-corrected chi connectivity index (χ2v) is 17.2. The summed E-state index contributed by atoms with van der Waals surface area (Å²) in [7, 11) is -3.43. The van der Waals surface area contributed by atoms with Crippen LogP contribution >= 0.6 is 0 Å². The van der Waals surface area contributed by atoms with Gasteiger partial charge in [-0.3, -0.25) is 9.69 Å². The van der Waals surface area contributed by atoms with Crippen LogP contribution in [0.2, 0.25) is 0 Å². The third-order valence-corrected chi connectivity index (χ3v) is 13.4. The highest BCUT2D eigenvalue weighted by atomic mass is 32.2. The number of nitrogens with zero attached hydrogens (tertiary/aromatic N) is 3. The Bertz CT molecular complexity index is 1780. The van der Waals surface area contributed by atoms with Crippen molar-refractivity contribution in [3.8, 4) is 11.5 Å². The van der Waals surface area contributed by atoms with Crippen molar-refractivity contribution in [2.45, 2.75) is 113 Å². The highest BCUT2D eigenvalue weighted by Crippen LogP contribution is 2.44. The Morgan fingerprint density at radius 3 is 2.18 bits per heavy atom. The molecule has 2 bridgehead atoms. The fraction of sp³-hybridized carbons (Fsp3) is 0.575. The fourth-order valence-corrected chi connectivity index (χ4v) is 10.2. The highest BCUT2D eigenvalue weighted by Gasteiger charge is 2.56. The van der Waals surface area contributed by atoms with Crippen molar-refractivity contribution in [3.05, 3.63) is 66.2 Å². The van der Waals surface area contributed by atoms with E-state index >= 15 is 8.78 Å². The Labute approximate surface area is 301 Å². The molecule has 1 saturated carbocycles. The van der Waals surface area contributed by atoms with Gasteiger partial charge in [-0.2, -0.15) is 13.1 Å². The van der Waals surface area contributed by atoms with Crippen molar-refractivity contribution < 1.29 is 31.5 Å². The molecule has 3 aliphatic heterocycles. The Balaban J connectivity index is 1.15. The molecule has 3 aromatic rings. The first-order valence-electron chi connectivity index (χ1n) is 18.8. The summed E-state index contributed by atoms with van der Waals surface area (Å²) in [5.41, 5.74) is -0.433. The van der Waals surface area contributed by atoms with Gasteiger partial charge in [0.15, 0.2) is 6.04 Å². The lowest BCUT2D eigenvalue weighted by Crippen LogP contribution is -2.60. The van der Waals surface area contributed by atoms with Crippen LogP contribution in [0.5, 0.6) is 11.5 Å². The normalized spacial score (nSPS) is 23.9. The van der Waals surface area contributed by atoms with Crippen LogP contribution < -0.4 is 9.47 Å². The molecule has 0 N–H and O–H groups in total. The Hall–Kier alpha value is -3.28. The summed E-state index contributed by atoms with van der Waals surface area (Å²) in [6, 6.07) is 12.9. The van der Waals surface area contributed by atoms with Crippen molar-refractivity contribution in [1.29, 1.82) is 0 Å². The number of amides is 1. The average Bonchev–Trinajstić information content (AvgIpc) is 3.73. The molecule has 3 saturated heterocycles. The maximum Gasteiger partial charge on any atom is 0.298 e. The summed E-state index contributed by atoms with van der Waals surface area (Å²) < 4.78 is 75.1. The van der Waals surface area contributed by atoms with Crippen LogP contribution in [0.3, 0.4) is 0 Å². The second-order valence-electron chi connectivity index (χ2n) is 15.2. The van der Waals surface area contributed by atoms with Gasteiger partial charge < -0.3 is 14.4 Å². The number of alkyl halides is 2. The maximum absolute atomic E-state index is 16.9. The van der Waals surface area contributed by atoms with Gasteiger partial charge in [-0.25, -0.2) is 8.42 Å². The van der Waals surface area contributed by atoms with Crippen LogP contribution in [0.25, 0.3) is 10.8 Å². The smallest absolute Gasteiger partial charge is 0.298 e. The maximum atomic E-state index is 16.9. The number of rotatable bonds is 12. The van der Waals surface area contributed by atoms with Gasteiger partial charge in [0.2, 0.25) is 15.9 Å². The van der Waals surface area contributed by atoms with Gasteiger partial charge in [0, 0.05) is 31.2 Å². The number of hydrogen-bond acceptors (Lipinski definition) is 6. The molecule has 4 fully saturated rings. The summed E-state index contributed by atoms with van der Waals surface area (Å²) in [6.45, 7) is 5.39. The minimum Gasteiger partial charge on any atom is -0.492 e. The molecule has 3 heterocycles. The second kappa shape index (κ2) is 15.0. The number of fused-ring (bicyclic) bond motifs is 3. The number of halogens is 2. The average molecular weight is 724 g/mol. The number of carbonyl (C=O) groups excluding carboxylic acids is 1. The zero-order valence-electron chi connectivity index (χ0n) is 29.8. The number of sulfonamides is 1. The molecule has 8 nitrogen and oxygen atoms in total. The number of likely N-dealkylation sites (tertiary alicyclic amines) is 1. The van der Waals surface area contributed by atoms with Crippen LogP contribution in [0.15, 0.2) is 65.6 Å². The monoisotopic (exact) mass is 723 g/mol. The van der Waals surface area contributed by atoms with Crippen molar-refractivity contribution in [1.82, 2.24) is 14.1 Å². The first kappa shape index (κ1) is 36.1. The minimum atomic E-state index is -4.54. The molecule has 1 amide bonds. The molecule has 4 aliphatic rings. The van der Waals surface area contributed by atoms with E-state index in [-0.39, 0.29) is 23.1 Å². The predicted octanol–water partition coefficient (Wildman–Crippen LogP) is 7.60. The molecule has 7 rings (SSSR count). The summed E-state index contributed by atoms with van der Waals surface area (Å²) >= 11 is 0. The number of ether oxygens (including phenoxy) is 2. The van der Waals surface area contributed by atoms with E-state index in [0.717, 1.165) is 89.2 Å². The number of piperidine rings is 2. The van der Waals surface area contributed by atoms with Gasteiger partial charge in [-0.1, -0.05) is 25.5 Å². The molecule has 1 aliphatic carbocycles. The highest BCUT2D eigenvalue weighted by molar-refractivity contribution is 7.89. The number of likely N-dealkylation sites (N-methyl/N-ethyl adjacent to an activating group) is 1. The summed E-state index contributed by atoms with van der Waals surface area (Å²) in [4.78, 5) is 18.2. The predicted molar refractivity (Wildman–Crippen MR) is 194 cm³/mol. The SMILES string of the molecule is CC1CC2CCC(C1)N2C(=O)C(N(C)S(=O)(=O)c1ccc2cc(OC3CCCC3)ccc2c1)C(F)(F)c1ccc(OCCN2CCCCC2)cc1. The van der Waals surface area contributed by atoms with E-state index in [1.807, 2.05) is 12.1 Å². The van der Waals surface area contributed by atoms with Crippen LogP contribution in [-0.4, -0.2) is 85.9 Å². The van der Waals surface area contributed by atoms with Gasteiger partial charge in [-0.05, 0) is 143 Å². The number of hydrogen-bond donors (Lipinski definition) is 0. The van der Waals surface area contributed by atoms with E-state index in [9.17, 15) is 13.2 Å². The molecular formula is C40H51F2N3O5S. The first-order chi connectivity index (χ1) is 24.5.